The van der Waals surface area contributed by atoms with Crippen molar-refractivity contribution in [1.29, 1.82) is 0 Å². The van der Waals surface area contributed by atoms with Crippen LogP contribution in [0.25, 0.3) is 0 Å². The summed E-state index contributed by atoms with van der Waals surface area (Å²) in [6, 6.07) is 10.6. The lowest BCUT2D eigenvalue weighted by molar-refractivity contribution is -0.274. The van der Waals surface area contributed by atoms with Crippen LogP contribution < -0.4 is 15.4 Å². The average molecular weight is 500 g/mol. The predicted molar refractivity (Wildman–Crippen MR) is 115 cm³/mol. The maximum absolute atomic E-state index is 12.6. The molecule has 0 aliphatic rings. The molecular weight excluding hydrogens is 486 g/mol. The molecule has 0 aliphatic heterocycles. The van der Waals surface area contributed by atoms with Crippen molar-refractivity contribution in [2.24, 2.45) is 0 Å². The summed E-state index contributed by atoms with van der Waals surface area (Å²) in [6.45, 7) is -0.293. The van der Waals surface area contributed by atoms with Crippen molar-refractivity contribution < 1.29 is 32.6 Å². The van der Waals surface area contributed by atoms with Crippen LogP contribution >= 0.6 is 23.2 Å². The molecule has 7 nitrogen and oxygen atoms in total. The summed E-state index contributed by atoms with van der Waals surface area (Å²) in [5.74, 6) is -2.29. The van der Waals surface area contributed by atoms with E-state index in [0.717, 1.165) is 6.07 Å². The van der Waals surface area contributed by atoms with Gasteiger partial charge in [0.25, 0.3) is 11.8 Å². The van der Waals surface area contributed by atoms with E-state index in [9.17, 15) is 27.9 Å². The number of nitrogens with zero attached hydrogens (tertiary/aromatic N) is 1. The molecule has 0 bridgehead atoms. The lowest BCUT2D eigenvalue weighted by Crippen LogP contribution is -2.26. The highest BCUT2D eigenvalue weighted by atomic mass is 35.5. The number of aromatic nitrogens is 1. The molecule has 1 aromatic heterocycles. The Balaban J connectivity index is 1.76. The largest absolute Gasteiger partial charge is 0.573 e. The van der Waals surface area contributed by atoms with E-state index >= 15 is 0 Å². The van der Waals surface area contributed by atoms with Gasteiger partial charge < -0.3 is 20.5 Å². The Morgan fingerprint density at radius 2 is 1.70 bits per heavy atom. The minimum atomic E-state index is -4.89. The molecule has 0 aliphatic carbocycles. The zero-order valence-electron chi connectivity index (χ0n) is 16.4. The molecule has 0 saturated heterocycles. The monoisotopic (exact) mass is 499 g/mol. The zero-order chi connectivity index (χ0) is 24.2. The number of phenolic OH excluding ortho intramolecular Hbond substituents is 1. The number of halogens is 5. The van der Waals surface area contributed by atoms with Gasteiger partial charge >= 0.3 is 6.36 Å². The molecule has 172 valence electrons. The lowest BCUT2D eigenvalue weighted by atomic mass is 10.1. The van der Waals surface area contributed by atoms with Gasteiger partial charge in [0, 0.05) is 23.9 Å². The number of hydrogen-bond donors (Lipinski definition) is 3. The maximum Gasteiger partial charge on any atom is 0.573 e. The molecule has 0 spiro atoms. The molecule has 0 unspecified atom stereocenters. The van der Waals surface area contributed by atoms with Crippen molar-refractivity contribution in [3.8, 4) is 11.5 Å². The number of para-hydroxylation sites is 1. The molecular formula is C21H14Cl2F3N3O4. The highest BCUT2D eigenvalue weighted by Crippen LogP contribution is 2.33. The lowest BCUT2D eigenvalue weighted by Gasteiger charge is -2.14. The number of phenols is 1. The molecule has 33 heavy (non-hydrogen) atoms. The highest BCUT2D eigenvalue weighted by molar-refractivity contribution is 6.37. The molecule has 12 heteroatoms. The standard InChI is InChI=1S/C21H14Cl2F3N3O4/c22-13-8-12(9-14(23)18(13)30)19(31)29-15-5-3-7-27-17(15)20(32)28-10-11-4-1-2-6-16(11)33-21(24,25)26/h1-9,30H,10H2,(H,28,32)(H,29,31). The van der Waals surface area contributed by atoms with E-state index in [1.54, 1.807) is 0 Å². The topological polar surface area (TPSA) is 101 Å². The number of rotatable bonds is 6. The van der Waals surface area contributed by atoms with Gasteiger partial charge in [-0.1, -0.05) is 41.4 Å². The quantitative estimate of drug-likeness (QED) is 0.434. The fourth-order valence-electron chi connectivity index (χ4n) is 2.71. The number of ether oxygens (including phenoxy) is 1. The van der Waals surface area contributed by atoms with Crippen LogP contribution in [0.2, 0.25) is 10.0 Å². The van der Waals surface area contributed by atoms with Crippen molar-refractivity contribution in [2.75, 3.05) is 5.32 Å². The third-order valence-corrected chi connectivity index (χ3v) is 4.76. The van der Waals surface area contributed by atoms with Crippen molar-refractivity contribution in [2.45, 2.75) is 12.9 Å². The second-order valence-electron chi connectivity index (χ2n) is 6.48. The summed E-state index contributed by atoms with van der Waals surface area (Å²) in [5.41, 5.74) is -0.0644. The van der Waals surface area contributed by atoms with Crippen LogP contribution in [-0.2, 0) is 6.54 Å². The molecule has 2 aromatic carbocycles. The van der Waals surface area contributed by atoms with Crippen molar-refractivity contribution in [3.63, 3.8) is 0 Å². The summed E-state index contributed by atoms with van der Waals surface area (Å²) < 4.78 is 41.7. The number of alkyl halides is 3. The third kappa shape index (κ3) is 6.27. The van der Waals surface area contributed by atoms with E-state index in [1.165, 1.54) is 48.7 Å². The number of hydrogen-bond acceptors (Lipinski definition) is 5. The second-order valence-corrected chi connectivity index (χ2v) is 7.29. The number of pyridine rings is 1. The van der Waals surface area contributed by atoms with E-state index in [0.29, 0.717) is 0 Å². The molecule has 1 heterocycles. The Hall–Kier alpha value is -3.50. The van der Waals surface area contributed by atoms with Crippen LogP contribution in [0, 0.1) is 0 Å². The molecule has 0 saturated carbocycles. The molecule has 0 fully saturated rings. The van der Waals surface area contributed by atoms with Crippen molar-refractivity contribution >= 4 is 40.7 Å². The van der Waals surface area contributed by atoms with Gasteiger partial charge in [-0.15, -0.1) is 13.2 Å². The van der Waals surface area contributed by atoms with Gasteiger partial charge in [-0.25, -0.2) is 4.98 Å². The first kappa shape index (κ1) is 24.1. The number of anilines is 1. The van der Waals surface area contributed by atoms with E-state index in [1.807, 2.05) is 0 Å². The minimum Gasteiger partial charge on any atom is -0.505 e. The summed E-state index contributed by atoms with van der Waals surface area (Å²) in [4.78, 5) is 29.2. The molecule has 2 amide bonds. The Kier molecular flexibility index (Phi) is 7.29. The summed E-state index contributed by atoms with van der Waals surface area (Å²) >= 11 is 11.7. The number of amides is 2. The first-order chi connectivity index (χ1) is 15.5. The van der Waals surface area contributed by atoms with Crippen LogP contribution in [0.3, 0.4) is 0 Å². The summed E-state index contributed by atoms with van der Waals surface area (Å²) in [6.07, 6.45) is -3.59. The van der Waals surface area contributed by atoms with Gasteiger partial charge in [0.1, 0.15) is 5.75 Å². The zero-order valence-corrected chi connectivity index (χ0v) is 17.9. The fraction of sp³-hybridized carbons (Fsp3) is 0.0952. The molecule has 3 rings (SSSR count). The SMILES string of the molecule is O=C(Nc1cccnc1C(=O)NCc1ccccc1OC(F)(F)F)c1cc(Cl)c(O)c(Cl)c1. The van der Waals surface area contributed by atoms with Crippen LogP contribution in [-0.4, -0.2) is 28.3 Å². The van der Waals surface area contributed by atoms with Gasteiger partial charge in [-0.05, 0) is 30.3 Å². The van der Waals surface area contributed by atoms with Crippen LogP contribution in [0.4, 0.5) is 18.9 Å². The summed E-state index contributed by atoms with van der Waals surface area (Å²) in [7, 11) is 0. The predicted octanol–water partition coefficient (Wildman–Crippen LogP) is 5.17. The summed E-state index contributed by atoms with van der Waals surface area (Å²) in [5, 5.41) is 14.3. The average Bonchev–Trinajstić information content (AvgIpc) is 2.75. The highest BCUT2D eigenvalue weighted by Gasteiger charge is 2.32. The van der Waals surface area contributed by atoms with Gasteiger partial charge in [0.15, 0.2) is 11.4 Å². The maximum atomic E-state index is 12.6. The van der Waals surface area contributed by atoms with Crippen molar-refractivity contribution in [3.05, 3.63) is 81.6 Å². The Labute approximate surface area is 195 Å². The fourth-order valence-corrected chi connectivity index (χ4v) is 3.20. The first-order valence-electron chi connectivity index (χ1n) is 9.11. The van der Waals surface area contributed by atoms with Crippen LogP contribution in [0.5, 0.6) is 11.5 Å². The van der Waals surface area contributed by atoms with Gasteiger partial charge in [0.2, 0.25) is 0 Å². The van der Waals surface area contributed by atoms with E-state index in [-0.39, 0.29) is 44.8 Å². The smallest absolute Gasteiger partial charge is 0.505 e. The number of carbonyl (C=O) groups excluding carboxylic acids is 2. The molecule has 0 radical (unpaired) electrons. The number of benzene rings is 2. The van der Waals surface area contributed by atoms with Crippen molar-refractivity contribution in [1.82, 2.24) is 10.3 Å². The van der Waals surface area contributed by atoms with Crippen LogP contribution in [0.15, 0.2) is 54.7 Å². The normalized spacial score (nSPS) is 11.1. The van der Waals surface area contributed by atoms with Gasteiger partial charge in [-0.2, -0.15) is 0 Å². The molecule has 0 atom stereocenters. The van der Waals surface area contributed by atoms with E-state index in [4.69, 9.17) is 23.2 Å². The van der Waals surface area contributed by atoms with Gasteiger partial charge in [-0.3, -0.25) is 9.59 Å². The number of aromatic hydroxyl groups is 1. The van der Waals surface area contributed by atoms with Crippen LogP contribution in [0.1, 0.15) is 26.4 Å². The number of nitrogens with one attached hydrogen (secondary N) is 2. The number of carbonyl (C=O) groups is 2. The Morgan fingerprint density at radius 3 is 2.36 bits per heavy atom. The minimum absolute atomic E-state index is 0.0104. The Bertz CT molecular complexity index is 1180. The first-order valence-corrected chi connectivity index (χ1v) is 9.87. The van der Waals surface area contributed by atoms with E-state index in [2.05, 4.69) is 20.4 Å². The molecule has 3 aromatic rings. The third-order valence-electron chi connectivity index (χ3n) is 4.19. The van der Waals surface area contributed by atoms with Gasteiger partial charge in [0.05, 0.1) is 15.7 Å². The second kappa shape index (κ2) is 9.97. The Morgan fingerprint density at radius 1 is 1.03 bits per heavy atom. The van der Waals surface area contributed by atoms with E-state index < -0.39 is 23.9 Å². The molecule has 3 N–H and O–H groups in total.